The van der Waals surface area contributed by atoms with Crippen molar-refractivity contribution >= 4 is 11.6 Å². The van der Waals surface area contributed by atoms with E-state index >= 15 is 0 Å². The van der Waals surface area contributed by atoms with Crippen molar-refractivity contribution in [3.05, 3.63) is 41.9 Å². The van der Waals surface area contributed by atoms with Gasteiger partial charge in [0.15, 0.2) is 5.69 Å². The highest BCUT2D eigenvalue weighted by Gasteiger charge is 2.27. The van der Waals surface area contributed by atoms with E-state index in [1.54, 1.807) is 11.6 Å². The van der Waals surface area contributed by atoms with E-state index in [1.165, 1.54) is 0 Å². The minimum atomic E-state index is 0.0440. The third kappa shape index (κ3) is 3.60. The molecular formula is C19H23N7O2. The second-order valence-electron chi connectivity index (χ2n) is 7.21. The van der Waals surface area contributed by atoms with Crippen molar-refractivity contribution in [3.8, 4) is 11.5 Å². The van der Waals surface area contributed by atoms with Gasteiger partial charge in [0.2, 0.25) is 11.7 Å². The van der Waals surface area contributed by atoms with Crippen LogP contribution in [0.25, 0.3) is 11.5 Å². The van der Waals surface area contributed by atoms with Crippen molar-refractivity contribution in [3.63, 3.8) is 0 Å². The summed E-state index contributed by atoms with van der Waals surface area (Å²) in [6.07, 6.45) is 3.67. The van der Waals surface area contributed by atoms with Crippen LogP contribution >= 0.6 is 0 Å². The lowest BCUT2D eigenvalue weighted by molar-refractivity contribution is 0.0672. The minimum absolute atomic E-state index is 0.0440. The molecule has 0 radical (unpaired) electrons. The molecule has 0 bridgehead atoms. The number of nitrogens with zero attached hydrogens (tertiary/aromatic N) is 7. The van der Waals surface area contributed by atoms with Gasteiger partial charge in [-0.25, -0.2) is 4.68 Å². The molecule has 1 saturated heterocycles. The van der Waals surface area contributed by atoms with E-state index in [9.17, 15) is 4.79 Å². The van der Waals surface area contributed by atoms with Crippen LogP contribution in [0.1, 0.15) is 35.1 Å². The van der Waals surface area contributed by atoms with Crippen LogP contribution in [0.3, 0.4) is 0 Å². The maximum absolute atomic E-state index is 13.0. The first kappa shape index (κ1) is 18.1. The molecule has 1 atom stereocenters. The molecule has 28 heavy (non-hydrogen) atoms. The minimum Gasteiger partial charge on any atom is -0.378 e. The maximum atomic E-state index is 13.0. The first-order chi connectivity index (χ1) is 13.5. The molecule has 4 rings (SSSR count). The van der Waals surface area contributed by atoms with Gasteiger partial charge >= 0.3 is 0 Å². The van der Waals surface area contributed by atoms with Crippen molar-refractivity contribution in [2.24, 2.45) is 0 Å². The van der Waals surface area contributed by atoms with Gasteiger partial charge in [-0.1, -0.05) is 16.4 Å². The Labute approximate surface area is 162 Å². The Hall–Kier alpha value is -3.23. The van der Waals surface area contributed by atoms with Gasteiger partial charge in [-0.15, -0.1) is 5.10 Å². The second-order valence-corrected chi connectivity index (χ2v) is 7.21. The van der Waals surface area contributed by atoms with Crippen molar-refractivity contribution in [1.82, 2.24) is 30.0 Å². The zero-order chi connectivity index (χ0) is 19.7. The van der Waals surface area contributed by atoms with Gasteiger partial charge in [0.1, 0.15) is 0 Å². The van der Waals surface area contributed by atoms with E-state index in [2.05, 4.69) is 20.5 Å². The third-order valence-electron chi connectivity index (χ3n) is 4.93. The van der Waals surface area contributed by atoms with Crippen molar-refractivity contribution in [2.75, 3.05) is 32.1 Å². The van der Waals surface area contributed by atoms with Crippen LogP contribution in [0, 0.1) is 6.92 Å². The quantitative estimate of drug-likeness (QED) is 0.684. The number of piperidine rings is 1. The number of benzene rings is 1. The first-order valence-electron chi connectivity index (χ1n) is 9.30. The number of carbonyl (C=O) groups is 1. The predicted molar refractivity (Wildman–Crippen MR) is 103 cm³/mol. The van der Waals surface area contributed by atoms with Crippen LogP contribution in [0.15, 0.2) is 35.0 Å². The maximum Gasteiger partial charge on any atom is 0.254 e. The average molecular weight is 381 g/mol. The molecule has 9 heteroatoms. The Bertz CT molecular complexity index is 978. The molecule has 146 valence electrons. The highest BCUT2D eigenvalue weighted by molar-refractivity contribution is 5.95. The fourth-order valence-electron chi connectivity index (χ4n) is 3.42. The lowest BCUT2D eigenvalue weighted by Gasteiger charge is -2.32. The molecule has 1 fully saturated rings. The van der Waals surface area contributed by atoms with Crippen LogP contribution in [-0.2, 0) is 0 Å². The number of aromatic nitrogens is 5. The molecule has 1 aliphatic heterocycles. The van der Waals surface area contributed by atoms with E-state index in [0.29, 0.717) is 29.5 Å². The lowest BCUT2D eigenvalue weighted by atomic mass is 10.0. The van der Waals surface area contributed by atoms with E-state index in [0.717, 1.165) is 25.1 Å². The molecule has 1 aromatic carbocycles. The number of likely N-dealkylation sites (tertiary alicyclic amines) is 1. The molecule has 2 aromatic heterocycles. The third-order valence-corrected chi connectivity index (χ3v) is 4.93. The summed E-state index contributed by atoms with van der Waals surface area (Å²) < 4.78 is 6.81. The number of hydrogen-bond acceptors (Lipinski definition) is 7. The normalized spacial score (nSPS) is 17.0. The van der Waals surface area contributed by atoms with Gasteiger partial charge < -0.3 is 14.3 Å². The van der Waals surface area contributed by atoms with Crippen LogP contribution in [0.2, 0.25) is 0 Å². The molecule has 0 saturated carbocycles. The molecule has 9 nitrogen and oxygen atoms in total. The molecule has 0 unspecified atom stereocenters. The highest BCUT2D eigenvalue weighted by Crippen LogP contribution is 2.24. The smallest absolute Gasteiger partial charge is 0.254 e. The summed E-state index contributed by atoms with van der Waals surface area (Å²) in [7, 11) is 3.93. The zero-order valence-electron chi connectivity index (χ0n) is 16.2. The molecule has 0 aliphatic carbocycles. The van der Waals surface area contributed by atoms with Gasteiger partial charge in [-0.2, -0.15) is 4.98 Å². The predicted octanol–water partition coefficient (Wildman–Crippen LogP) is 2.18. The number of anilines is 1. The number of amides is 1. The topological polar surface area (TPSA) is 93.2 Å². The van der Waals surface area contributed by atoms with Crippen molar-refractivity contribution in [1.29, 1.82) is 0 Å². The van der Waals surface area contributed by atoms with Crippen LogP contribution in [-0.4, -0.2) is 63.1 Å². The standard InChI is InChI=1S/C19H23N7O2/c1-13-20-18(22-28-13)17-12-26(23-21-17)16-8-5-9-25(11-16)19(27)14-6-4-7-15(10-14)24(2)3/h4,6-7,10,12,16H,5,8-9,11H2,1-3H3/t16-/m1/s1. The van der Waals surface area contributed by atoms with Crippen molar-refractivity contribution in [2.45, 2.75) is 25.8 Å². The summed E-state index contributed by atoms with van der Waals surface area (Å²) in [6.45, 7) is 3.07. The lowest BCUT2D eigenvalue weighted by Crippen LogP contribution is -2.40. The van der Waals surface area contributed by atoms with Crippen LogP contribution in [0.5, 0.6) is 0 Å². The molecular weight excluding hydrogens is 358 g/mol. The molecule has 3 heterocycles. The number of hydrogen-bond donors (Lipinski definition) is 0. The van der Waals surface area contributed by atoms with Crippen LogP contribution in [0.4, 0.5) is 5.69 Å². The number of carbonyl (C=O) groups excluding carboxylic acids is 1. The summed E-state index contributed by atoms with van der Waals surface area (Å²) >= 11 is 0. The Morgan fingerprint density at radius 1 is 1.32 bits per heavy atom. The molecule has 0 N–H and O–H groups in total. The van der Waals surface area contributed by atoms with E-state index in [-0.39, 0.29) is 11.9 Å². The summed E-state index contributed by atoms with van der Waals surface area (Å²) in [5.74, 6) is 0.953. The van der Waals surface area contributed by atoms with E-state index in [1.807, 2.05) is 54.4 Å². The molecule has 1 amide bonds. The van der Waals surface area contributed by atoms with Gasteiger partial charge in [0.25, 0.3) is 5.91 Å². The summed E-state index contributed by atoms with van der Waals surface area (Å²) in [4.78, 5) is 21.1. The van der Waals surface area contributed by atoms with Crippen molar-refractivity contribution < 1.29 is 9.32 Å². The highest BCUT2D eigenvalue weighted by atomic mass is 16.5. The zero-order valence-corrected chi connectivity index (χ0v) is 16.2. The SMILES string of the molecule is Cc1nc(-c2cn([C@@H]3CCCN(C(=O)c4cccc(N(C)C)c4)C3)nn2)no1. The summed E-state index contributed by atoms with van der Waals surface area (Å²) in [6, 6.07) is 7.78. The monoisotopic (exact) mass is 381 g/mol. The van der Waals surface area contributed by atoms with Gasteiger partial charge in [0.05, 0.1) is 12.2 Å². The largest absolute Gasteiger partial charge is 0.378 e. The van der Waals surface area contributed by atoms with E-state index < -0.39 is 0 Å². The van der Waals surface area contributed by atoms with Gasteiger partial charge in [0, 0.05) is 45.4 Å². The van der Waals surface area contributed by atoms with Gasteiger partial charge in [-0.3, -0.25) is 4.79 Å². The fourth-order valence-corrected chi connectivity index (χ4v) is 3.42. The molecule has 3 aromatic rings. The first-order valence-corrected chi connectivity index (χ1v) is 9.30. The Morgan fingerprint density at radius 3 is 2.93 bits per heavy atom. The Kier molecular flexibility index (Phi) is 4.81. The number of aryl methyl sites for hydroxylation is 1. The Balaban J connectivity index is 1.49. The Morgan fingerprint density at radius 2 is 2.18 bits per heavy atom. The summed E-state index contributed by atoms with van der Waals surface area (Å²) in [5.41, 5.74) is 2.28. The molecule has 1 aliphatic rings. The second kappa shape index (κ2) is 7.41. The molecule has 0 spiro atoms. The average Bonchev–Trinajstić information content (AvgIpc) is 3.37. The summed E-state index contributed by atoms with van der Waals surface area (Å²) in [5, 5.41) is 12.3. The van der Waals surface area contributed by atoms with Gasteiger partial charge in [-0.05, 0) is 31.0 Å². The number of rotatable bonds is 4. The fraction of sp³-hybridized carbons (Fsp3) is 0.421. The van der Waals surface area contributed by atoms with E-state index in [4.69, 9.17) is 4.52 Å². The van der Waals surface area contributed by atoms with Crippen LogP contribution < -0.4 is 4.90 Å².